The Kier molecular flexibility index (Phi) is 6.71. The van der Waals surface area contributed by atoms with Gasteiger partial charge in [0.2, 0.25) is 0 Å². The van der Waals surface area contributed by atoms with Crippen molar-refractivity contribution in [2.45, 2.75) is 57.4 Å². The maximum Gasteiger partial charge on any atom is 0.0218 e. The molecular weight excluding hydrogens is 220 g/mol. The fraction of sp³-hybridized carbons (Fsp3) is 1.00. The predicted molar refractivity (Wildman–Crippen MR) is 72.1 cm³/mol. The van der Waals surface area contributed by atoms with E-state index in [1.165, 1.54) is 64.5 Å². The second kappa shape index (κ2) is 7.52. The third-order valence-corrected chi connectivity index (χ3v) is 4.32. The minimum Gasteiger partial charge on any atom is -0.329 e. The minimum absolute atomic E-state index is 0. The summed E-state index contributed by atoms with van der Waals surface area (Å²) in [7, 11) is 0. The molecule has 2 nitrogen and oxygen atoms in total. The lowest BCUT2D eigenvalue weighted by Gasteiger charge is -2.35. The summed E-state index contributed by atoms with van der Waals surface area (Å²) >= 11 is 0. The van der Waals surface area contributed by atoms with Gasteiger partial charge in [0.25, 0.3) is 0 Å². The highest BCUT2D eigenvalue weighted by molar-refractivity contribution is 5.85. The minimum atomic E-state index is 0. The molecule has 16 heavy (non-hydrogen) atoms. The Balaban J connectivity index is 0.00000128. The Morgan fingerprint density at radius 1 is 1.00 bits per heavy atom. The molecule has 0 aromatic heterocycles. The Bertz CT molecular complexity index is 181. The van der Waals surface area contributed by atoms with E-state index in [4.69, 9.17) is 5.73 Å². The van der Waals surface area contributed by atoms with E-state index in [0.29, 0.717) is 6.04 Å². The number of nitrogens with zero attached hydrogens (tertiary/aromatic N) is 1. The van der Waals surface area contributed by atoms with Crippen LogP contribution < -0.4 is 5.73 Å². The SMILES string of the molecule is Cl.NCC1CCCCN1CCC1CCCC1. The van der Waals surface area contributed by atoms with Gasteiger partial charge in [-0.2, -0.15) is 0 Å². The van der Waals surface area contributed by atoms with Crippen LogP contribution in [-0.4, -0.2) is 30.6 Å². The van der Waals surface area contributed by atoms with E-state index in [0.717, 1.165) is 12.5 Å². The van der Waals surface area contributed by atoms with Gasteiger partial charge in [-0.1, -0.05) is 32.1 Å². The first-order valence-corrected chi connectivity index (χ1v) is 6.84. The lowest BCUT2D eigenvalue weighted by atomic mass is 9.99. The molecule has 2 rings (SSSR count). The predicted octanol–water partition coefficient (Wildman–Crippen LogP) is 2.80. The average Bonchev–Trinajstić information content (AvgIpc) is 2.79. The normalized spacial score (nSPS) is 27.9. The first-order valence-electron chi connectivity index (χ1n) is 6.84. The molecule has 1 aliphatic carbocycles. The molecule has 0 spiro atoms. The summed E-state index contributed by atoms with van der Waals surface area (Å²) in [6.45, 7) is 3.48. The number of halogens is 1. The van der Waals surface area contributed by atoms with Gasteiger partial charge in [-0.15, -0.1) is 12.4 Å². The van der Waals surface area contributed by atoms with Gasteiger partial charge < -0.3 is 5.73 Å². The van der Waals surface area contributed by atoms with E-state index >= 15 is 0 Å². The highest BCUT2D eigenvalue weighted by Gasteiger charge is 2.22. The van der Waals surface area contributed by atoms with Gasteiger partial charge in [0.15, 0.2) is 0 Å². The van der Waals surface area contributed by atoms with E-state index in [2.05, 4.69) is 4.90 Å². The lowest BCUT2D eigenvalue weighted by Crippen LogP contribution is -2.44. The molecule has 2 fully saturated rings. The molecule has 1 heterocycles. The molecule has 0 amide bonds. The van der Waals surface area contributed by atoms with Crippen molar-refractivity contribution in [2.24, 2.45) is 11.7 Å². The summed E-state index contributed by atoms with van der Waals surface area (Å²) < 4.78 is 0. The van der Waals surface area contributed by atoms with Crippen molar-refractivity contribution in [1.82, 2.24) is 4.90 Å². The molecule has 96 valence electrons. The summed E-state index contributed by atoms with van der Waals surface area (Å²) in [4.78, 5) is 2.65. The van der Waals surface area contributed by atoms with Crippen molar-refractivity contribution < 1.29 is 0 Å². The van der Waals surface area contributed by atoms with Crippen LogP contribution >= 0.6 is 12.4 Å². The van der Waals surface area contributed by atoms with Gasteiger partial charge in [0.05, 0.1) is 0 Å². The monoisotopic (exact) mass is 246 g/mol. The number of nitrogens with two attached hydrogens (primary N) is 1. The summed E-state index contributed by atoms with van der Waals surface area (Å²) in [5.74, 6) is 1.03. The average molecular weight is 247 g/mol. The van der Waals surface area contributed by atoms with Crippen molar-refractivity contribution in [3.8, 4) is 0 Å². The maximum atomic E-state index is 5.84. The van der Waals surface area contributed by atoms with Crippen LogP contribution in [0.3, 0.4) is 0 Å². The summed E-state index contributed by atoms with van der Waals surface area (Å²) in [6.07, 6.45) is 11.5. The van der Waals surface area contributed by atoms with Gasteiger partial charge in [0, 0.05) is 12.6 Å². The van der Waals surface area contributed by atoms with Crippen LogP contribution in [0.5, 0.6) is 0 Å². The molecule has 1 unspecified atom stereocenters. The highest BCUT2D eigenvalue weighted by Crippen LogP contribution is 2.28. The first-order chi connectivity index (χ1) is 7.40. The summed E-state index contributed by atoms with van der Waals surface area (Å²) in [6, 6.07) is 0.695. The maximum absolute atomic E-state index is 5.84. The fourth-order valence-corrected chi connectivity index (χ4v) is 3.27. The molecule has 1 saturated heterocycles. The number of rotatable bonds is 4. The second-order valence-electron chi connectivity index (χ2n) is 5.36. The smallest absolute Gasteiger partial charge is 0.0218 e. The van der Waals surface area contributed by atoms with Crippen molar-refractivity contribution in [1.29, 1.82) is 0 Å². The van der Waals surface area contributed by atoms with Gasteiger partial charge >= 0.3 is 0 Å². The van der Waals surface area contributed by atoms with Crippen molar-refractivity contribution in [3.63, 3.8) is 0 Å². The van der Waals surface area contributed by atoms with Crippen molar-refractivity contribution >= 4 is 12.4 Å². The van der Waals surface area contributed by atoms with Crippen LogP contribution in [0.15, 0.2) is 0 Å². The molecule has 0 aromatic rings. The van der Waals surface area contributed by atoms with E-state index < -0.39 is 0 Å². The number of likely N-dealkylation sites (tertiary alicyclic amines) is 1. The molecule has 2 aliphatic rings. The molecule has 1 saturated carbocycles. The van der Waals surface area contributed by atoms with E-state index in [1.54, 1.807) is 0 Å². The third kappa shape index (κ3) is 3.90. The van der Waals surface area contributed by atoms with Crippen LogP contribution in [-0.2, 0) is 0 Å². The van der Waals surface area contributed by atoms with Crippen molar-refractivity contribution in [2.75, 3.05) is 19.6 Å². The Morgan fingerprint density at radius 2 is 1.69 bits per heavy atom. The van der Waals surface area contributed by atoms with Crippen LogP contribution in [0.25, 0.3) is 0 Å². The van der Waals surface area contributed by atoms with Gasteiger partial charge in [-0.05, 0) is 38.3 Å². The molecule has 1 atom stereocenters. The Morgan fingerprint density at radius 3 is 2.38 bits per heavy atom. The van der Waals surface area contributed by atoms with Gasteiger partial charge in [-0.3, -0.25) is 4.90 Å². The largest absolute Gasteiger partial charge is 0.329 e. The van der Waals surface area contributed by atoms with Gasteiger partial charge in [-0.25, -0.2) is 0 Å². The van der Waals surface area contributed by atoms with Crippen LogP contribution in [0.4, 0.5) is 0 Å². The zero-order valence-corrected chi connectivity index (χ0v) is 11.2. The molecule has 3 heteroatoms. The lowest BCUT2D eigenvalue weighted by molar-refractivity contribution is 0.143. The van der Waals surface area contributed by atoms with Gasteiger partial charge in [0.1, 0.15) is 0 Å². The number of piperidine rings is 1. The zero-order valence-electron chi connectivity index (χ0n) is 10.4. The molecular formula is C13H27ClN2. The fourth-order valence-electron chi connectivity index (χ4n) is 3.27. The second-order valence-corrected chi connectivity index (χ2v) is 5.36. The van der Waals surface area contributed by atoms with E-state index in [-0.39, 0.29) is 12.4 Å². The van der Waals surface area contributed by atoms with Crippen molar-refractivity contribution in [3.05, 3.63) is 0 Å². The molecule has 1 aliphatic heterocycles. The summed E-state index contributed by atoms with van der Waals surface area (Å²) in [5, 5.41) is 0. The Labute approximate surface area is 106 Å². The van der Waals surface area contributed by atoms with Crippen LogP contribution in [0, 0.1) is 5.92 Å². The third-order valence-electron chi connectivity index (χ3n) is 4.32. The summed E-state index contributed by atoms with van der Waals surface area (Å²) in [5.41, 5.74) is 5.84. The molecule has 0 aromatic carbocycles. The first kappa shape index (κ1) is 14.3. The highest BCUT2D eigenvalue weighted by atomic mass is 35.5. The van der Waals surface area contributed by atoms with Crippen LogP contribution in [0.2, 0.25) is 0 Å². The van der Waals surface area contributed by atoms with E-state index in [9.17, 15) is 0 Å². The topological polar surface area (TPSA) is 29.3 Å². The zero-order chi connectivity index (χ0) is 10.5. The quantitative estimate of drug-likeness (QED) is 0.827. The molecule has 0 bridgehead atoms. The van der Waals surface area contributed by atoms with E-state index in [1.807, 2.05) is 0 Å². The Hall–Kier alpha value is 0.210. The molecule has 0 radical (unpaired) electrons. The number of hydrogen-bond donors (Lipinski definition) is 1. The molecule has 2 N–H and O–H groups in total. The van der Waals surface area contributed by atoms with Crippen LogP contribution in [0.1, 0.15) is 51.4 Å². The standard InChI is InChI=1S/C13H26N2.ClH/c14-11-13-7-3-4-9-15(13)10-8-12-5-1-2-6-12;/h12-13H,1-11,14H2;1H. The number of hydrogen-bond acceptors (Lipinski definition) is 2.